The van der Waals surface area contributed by atoms with Crippen LogP contribution in [0.2, 0.25) is 0 Å². The van der Waals surface area contributed by atoms with Gasteiger partial charge in [-0.15, -0.1) is 0 Å². The molecule has 4 aliphatic rings. The van der Waals surface area contributed by atoms with Gasteiger partial charge in [-0.25, -0.2) is 0 Å². The average molecular weight is 315 g/mol. The van der Waals surface area contributed by atoms with Crippen molar-refractivity contribution in [3.8, 4) is 11.5 Å². The van der Waals surface area contributed by atoms with Crippen LogP contribution >= 0.6 is 0 Å². The predicted molar refractivity (Wildman–Crippen MR) is 88.1 cm³/mol. The van der Waals surface area contributed by atoms with Gasteiger partial charge in [-0.1, -0.05) is 6.07 Å². The molecule has 0 radical (unpaired) electrons. The zero-order chi connectivity index (χ0) is 16.2. The Morgan fingerprint density at radius 1 is 1.17 bits per heavy atom. The number of likely N-dealkylation sites (N-methyl/N-ethyl adjacent to an activating group) is 1. The van der Waals surface area contributed by atoms with E-state index in [1.54, 1.807) is 14.2 Å². The lowest BCUT2D eigenvalue weighted by atomic mass is 9.50. The summed E-state index contributed by atoms with van der Waals surface area (Å²) in [6.07, 6.45) is 4.13. The van der Waals surface area contributed by atoms with Crippen LogP contribution in [0.15, 0.2) is 18.2 Å². The fourth-order valence-corrected chi connectivity index (χ4v) is 5.64. The molecule has 4 nitrogen and oxygen atoms in total. The van der Waals surface area contributed by atoms with Gasteiger partial charge in [-0.2, -0.15) is 0 Å². The van der Waals surface area contributed by atoms with E-state index in [0.717, 1.165) is 37.3 Å². The van der Waals surface area contributed by atoms with Gasteiger partial charge in [0.05, 0.1) is 14.2 Å². The molecule has 0 N–H and O–H groups in total. The summed E-state index contributed by atoms with van der Waals surface area (Å²) in [5.74, 6) is 2.72. The minimum absolute atomic E-state index is 0.102. The first-order chi connectivity index (χ1) is 11.1. The third kappa shape index (κ3) is 1.90. The lowest BCUT2D eigenvalue weighted by Crippen LogP contribution is -2.60. The largest absolute Gasteiger partial charge is 0.493 e. The maximum atomic E-state index is 12.5. The lowest BCUT2D eigenvalue weighted by Gasteiger charge is -2.55. The van der Waals surface area contributed by atoms with Crippen LogP contribution in [0.25, 0.3) is 0 Å². The van der Waals surface area contributed by atoms with Crippen molar-refractivity contribution < 1.29 is 14.3 Å². The maximum absolute atomic E-state index is 12.5. The molecule has 0 aromatic heterocycles. The van der Waals surface area contributed by atoms with Gasteiger partial charge >= 0.3 is 0 Å². The number of methoxy groups -OCH3 is 2. The number of likely N-dealkylation sites (tertiary alicyclic amines) is 1. The first-order valence-electron chi connectivity index (χ1n) is 8.57. The Morgan fingerprint density at radius 3 is 2.65 bits per heavy atom. The lowest BCUT2D eigenvalue weighted by molar-refractivity contribution is -0.136. The fourth-order valence-electron chi connectivity index (χ4n) is 5.64. The van der Waals surface area contributed by atoms with Gasteiger partial charge in [0.25, 0.3) is 0 Å². The first kappa shape index (κ1) is 15.0. The van der Waals surface area contributed by atoms with Crippen LogP contribution < -0.4 is 9.47 Å². The van der Waals surface area contributed by atoms with Gasteiger partial charge in [-0.05, 0) is 56.5 Å². The quantitative estimate of drug-likeness (QED) is 0.859. The molecule has 4 heteroatoms. The summed E-state index contributed by atoms with van der Waals surface area (Å²) in [6.45, 7) is 1.07. The van der Waals surface area contributed by atoms with Crippen LogP contribution in [0.3, 0.4) is 0 Å². The van der Waals surface area contributed by atoms with Crippen molar-refractivity contribution in [1.29, 1.82) is 0 Å². The molecule has 4 atom stereocenters. The number of ketones is 1. The smallest absolute Gasteiger partial charge is 0.161 e. The van der Waals surface area contributed by atoms with Crippen molar-refractivity contribution in [3.05, 3.63) is 23.8 Å². The van der Waals surface area contributed by atoms with Gasteiger partial charge in [0.15, 0.2) is 11.5 Å². The van der Waals surface area contributed by atoms with Crippen LogP contribution in [-0.4, -0.2) is 44.5 Å². The highest BCUT2D eigenvalue weighted by Gasteiger charge is 2.62. The highest BCUT2D eigenvalue weighted by atomic mass is 16.5. The molecule has 2 bridgehead atoms. The summed E-state index contributed by atoms with van der Waals surface area (Å²) in [7, 11) is 5.54. The van der Waals surface area contributed by atoms with Gasteiger partial charge in [0.1, 0.15) is 5.78 Å². The highest BCUT2D eigenvalue weighted by molar-refractivity contribution is 5.85. The van der Waals surface area contributed by atoms with Crippen molar-refractivity contribution in [1.82, 2.24) is 4.90 Å². The highest BCUT2D eigenvalue weighted by Crippen LogP contribution is 2.59. The van der Waals surface area contributed by atoms with E-state index in [2.05, 4.69) is 24.1 Å². The minimum atomic E-state index is 0.102. The third-order valence-corrected chi connectivity index (χ3v) is 6.60. The van der Waals surface area contributed by atoms with Gasteiger partial charge in [0.2, 0.25) is 0 Å². The summed E-state index contributed by atoms with van der Waals surface area (Å²) < 4.78 is 10.9. The number of benzene rings is 1. The topological polar surface area (TPSA) is 38.8 Å². The molecule has 0 spiro atoms. The second-order valence-electron chi connectivity index (χ2n) is 7.34. The summed E-state index contributed by atoms with van der Waals surface area (Å²) in [5, 5.41) is 0. The molecular formula is C19H25NO3. The second kappa shape index (κ2) is 5.23. The standard InChI is InChI=1S/C19H25NO3/c1-20-9-8-19(12-4-6-14(18(19)20)15(21)10-12)13-5-7-16(22-2)17(11-13)23-3/h5,7,11-12,14,18H,4,6,8-10H2,1-3H3/t12-,14+,18-,19+/m0/s1. The molecule has 5 rings (SSSR count). The van der Waals surface area contributed by atoms with Gasteiger partial charge in [-0.3, -0.25) is 4.79 Å². The van der Waals surface area contributed by atoms with Crippen molar-refractivity contribution >= 4 is 5.78 Å². The molecule has 4 fully saturated rings. The van der Waals surface area contributed by atoms with Crippen LogP contribution in [0.5, 0.6) is 11.5 Å². The number of Topliss-reactive ketones (excluding diaryl/α,β-unsaturated/α-hetero) is 1. The normalized spacial score (nSPS) is 36.1. The molecule has 1 aromatic carbocycles. The number of nitrogens with zero attached hydrogens (tertiary/aromatic N) is 1. The Balaban J connectivity index is 1.84. The number of carbonyl (C=O) groups excluding carboxylic acids is 1. The van der Waals surface area contributed by atoms with E-state index in [-0.39, 0.29) is 11.3 Å². The minimum Gasteiger partial charge on any atom is -0.493 e. The van der Waals surface area contributed by atoms with Crippen LogP contribution in [-0.2, 0) is 10.2 Å². The molecule has 0 unspecified atom stereocenters. The molecule has 1 aromatic rings. The summed E-state index contributed by atoms with van der Waals surface area (Å²) in [6, 6.07) is 6.71. The first-order valence-corrected chi connectivity index (χ1v) is 8.57. The molecule has 1 aliphatic heterocycles. The second-order valence-corrected chi connectivity index (χ2v) is 7.34. The summed E-state index contributed by atoms with van der Waals surface area (Å²) in [4.78, 5) is 14.9. The van der Waals surface area contributed by atoms with E-state index in [0.29, 0.717) is 17.7 Å². The van der Waals surface area contributed by atoms with Crippen LogP contribution in [0.1, 0.15) is 31.2 Å². The maximum Gasteiger partial charge on any atom is 0.161 e. The van der Waals surface area contributed by atoms with E-state index < -0.39 is 0 Å². The number of hydrogen-bond donors (Lipinski definition) is 0. The molecule has 0 amide bonds. The van der Waals surface area contributed by atoms with E-state index in [1.165, 1.54) is 12.0 Å². The number of fused-ring (bicyclic) bond motifs is 2. The van der Waals surface area contributed by atoms with Crippen LogP contribution in [0.4, 0.5) is 0 Å². The molecule has 1 saturated heterocycles. The molecule has 23 heavy (non-hydrogen) atoms. The summed E-state index contributed by atoms with van der Waals surface area (Å²) >= 11 is 0. The SMILES string of the molecule is COc1ccc([C@]23CCN(C)[C@H]2[C@@H]2CC[C@H]3CC2=O)cc1OC. The fraction of sp³-hybridized carbons (Fsp3) is 0.632. The van der Waals surface area contributed by atoms with Crippen molar-refractivity contribution in [2.24, 2.45) is 11.8 Å². The Labute approximate surface area is 137 Å². The Bertz CT molecular complexity index is 644. The number of ether oxygens (including phenoxy) is 2. The van der Waals surface area contributed by atoms with Crippen molar-refractivity contribution in [2.45, 2.75) is 37.1 Å². The van der Waals surface area contributed by atoms with Crippen LogP contribution in [0, 0.1) is 11.8 Å². The molecular weight excluding hydrogens is 290 g/mol. The van der Waals surface area contributed by atoms with E-state index in [1.807, 2.05) is 6.07 Å². The van der Waals surface area contributed by atoms with E-state index in [9.17, 15) is 4.79 Å². The Morgan fingerprint density at radius 2 is 1.96 bits per heavy atom. The zero-order valence-corrected chi connectivity index (χ0v) is 14.2. The molecule has 124 valence electrons. The molecule has 3 saturated carbocycles. The van der Waals surface area contributed by atoms with E-state index >= 15 is 0 Å². The number of hydrogen-bond acceptors (Lipinski definition) is 4. The summed E-state index contributed by atoms with van der Waals surface area (Å²) in [5.41, 5.74) is 1.43. The van der Waals surface area contributed by atoms with Gasteiger partial charge in [0, 0.05) is 23.8 Å². The number of carbonyl (C=O) groups is 1. The average Bonchev–Trinajstić information content (AvgIpc) is 2.95. The Hall–Kier alpha value is -1.55. The van der Waals surface area contributed by atoms with Gasteiger partial charge < -0.3 is 14.4 Å². The molecule has 3 aliphatic carbocycles. The monoisotopic (exact) mass is 315 g/mol. The molecule has 1 heterocycles. The zero-order valence-electron chi connectivity index (χ0n) is 14.2. The van der Waals surface area contributed by atoms with Crippen molar-refractivity contribution in [2.75, 3.05) is 27.8 Å². The predicted octanol–water partition coefficient (Wildman–Crippen LogP) is 2.64. The number of rotatable bonds is 3. The Kier molecular flexibility index (Phi) is 3.41. The third-order valence-electron chi connectivity index (χ3n) is 6.60. The van der Waals surface area contributed by atoms with Crippen molar-refractivity contribution in [3.63, 3.8) is 0 Å². The van der Waals surface area contributed by atoms with E-state index in [4.69, 9.17) is 9.47 Å².